The summed E-state index contributed by atoms with van der Waals surface area (Å²) in [6.45, 7) is 3.81. The summed E-state index contributed by atoms with van der Waals surface area (Å²) in [7, 11) is -3.65. The first-order valence-electron chi connectivity index (χ1n) is 8.04. The number of fused-ring (bicyclic) bond motifs is 1. The number of nitrogens with zero attached hydrogens (tertiary/aromatic N) is 1. The maximum Gasteiger partial charge on any atom is 0.264 e. The molecule has 0 fully saturated rings. The average molecular weight is 347 g/mol. The summed E-state index contributed by atoms with van der Waals surface area (Å²) in [5, 5.41) is 0. The Morgan fingerprint density at radius 3 is 2.83 bits per heavy atom. The van der Waals surface area contributed by atoms with E-state index in [-0.39, 0.29) is 4.90 Å². The van der Waals surface area contributed by atoms with Gasteiger partial charge in [0, 0.05) is 19.6 Å². The van der Waals surface area contributed by atoms with Crippen LogP contribution in [0.4, 0.5) is 5.69 Å². The van der Waals surface area contributed by atoms with Crippen LogP contribution in [0.2, 0.25) is 0 Å². The summed E-state index contributed by atoms with van der Waals surface area (Å²) in [6, 6.07) is 14.2. The van der Waals surface area contributed by atoms with Crippen LogP contribution in [0.3, 0.4) is 0 Å². The van der Waals surface area contributed by atoms with E-state index >= 15 is 0 Å². The third kappa shape index (κ3) is 3.39. The average Bonchev–Trinajstić information content (AvgIpc) is 2.83. The zero-order valence-electron chi connectivity index (χ0n) is 13.6. The van der Waals surface area contributed by atoms with Crippen LogP contribution < -0.4 is 9.04 Å². The summed E-state index contributed by atoms with van der Waals surface area (Å²) < 4.78 is 38.8. The fraction of sp³-hybridized carbons (Fsp3) is 0.333. The van der Waals surface area contributed by atoms with Crippen molar-refractivity contribution in [3.63, 3.8) is 0 Å². The second kappa shape index (κ2) is 7.23. The molecule has 5 nitrogen and oxygen atoms in total. The third-order valence-electron chi connectivity index (χ3n) is 3.86. The van der Waals surface area contributed by atoms with E-state index in [1.54, 1.807) is 30.3 Å². The predicted molar refractivity (Wildman–Crippen MR) is 92.9 cm³/mol. The van der Waals surface area contributed by atoms with Gasteiger partial charge in [0.25, 0.3) is 10.0 Å². The van der Waals surface area contributed by atoms with Crippen LogP contribution in [0, 0.1) is 0 Å². The van der Waals surface area contributed by atoms with Crippen molar-refractivity contribution >= 4 is 15.7 Å². The van der Waals surface area contributed by atoms with Crippen LogP contribution in [0.5, 0.6) is 5.75 Å². The van der Waals surface area contributed by atoms with E-state index in [0.717, 1.165) is 5.56 Å². The molecular weight excluding hydrogens is 326 g/mol. The van der Waals surface area contributed by atoms with Crippen molar-refractivity contribution < 1.29 is 17.9 Å². The Labute approximate surface area is 142 Å². The minimum Gasteiger partial charge on any atom is -0.491 e. The summed E-state index contributed by atoms with van der Waals surface area (Å²) in [6.07, 6.45) is 0.645. The second-order valence-electron chi connectivity index (χ2n) is 5.53. The Balaban J connectivity index is 1.99. The molecule has 0 atom stereocenters. The highest BCUT2D eigenvalue weighted by Gasteiger charge is 2.28. The quantitative estimate of drug-likeness (QED) is 0.833. The van der Waals surface area contributed by atoms with E-state index in [1.807, 2.05) is 25.1 Å². The van der Waals surface area contributed by atoms with E-state index in [4.69, 9.17) is 9.47 Å². The molecule has 0 aromatic heterocycles. The lowest BCUT2D eigenvalue weighted by molar-refractivity contribution is 0.134. The summed E-state index contributed by atoms with van der Waals surface area (Å²) >= 11 is 0. The van der Waals surface area contributed by atoms with Gasteiger partial charge in [0.2, 0.25) is 0 Å². The van der Waals surface area contributed by atoms with Gasteiger partial charge in [-0.25, -0.2) is 8.42 Å². The second-order valence-corrected chi connectivity index (χ2v) is 7.39. The van der Waals surface area contributed by atoms with Crippen LogP contribution >= 0.6 is 0 Å². The maximum absolute atomic E-state index is 13.2. The normalized spacial score (nSPS) is 14.6. The smallest absolute Gasteiger partial charge is 0.264 e. The molecule has 0 amide bonds. The Hall–Kier alpha value is -2.05. The number of hydrogen-bond acceptors (Lipinski definition) is 4. The number of sulfonamides is 1. The predicted octanol–water partition coefficient (Wildman–Crippen LogP) is 3.20. The first-order valence-corrected chi connectivity index (χ1v) is 9.48. The standard InChI is InChI=1S/C18H21NO4S/c1-2-22-14-15-7-5-8-16(13-15)24(20,21)19-11-6-12-23-18-10-4-3-9-17(18)19/h3-5,7-10,13H,2,6,11-12,14H2,1H3. The molecule has 0 aliphatic carbocycles. The molecule has 0 N–H and O–H groups in total. The molecule has 6 heteroatoms. The van der Waals surface area contributed by atoms with Gasteiger partial charge in [-0.2, -0.15) is 0 Å². The number of rotatable bonds is 5. The molecule has 0 saturated heterocycles. The van der Waals surface area contributed by atoms with Crippen LogP contribution in [-0.4, -0.2) is 28.2 Å². The number of ether oxygens (including phenoxy) is 2. The van der Waals surface area contributed by atoms with Crippen LogP contribution in [0.15, 0.2) is 53.4 Å². The summed E-state index contributed by atoms with van der Waals surface area (Å²) in [4.78, 5) is 0.274. The maximum atomic E-state index is 13.2. The first kappa shape index (κ1) is 16.8. The monoisotopic (exact) mass is 347 g/mol. The summed E-state index contributed by atoms with van der Waals surface area (Å²) in [5.74, 6) is 0.601. The van der Waals surface area contributed by atoms with E-state index < -0.39 is 10.0 Å². The van der Waals surface area contributed by atoms with E-state index in [2.05, 4.69) is 0 Å². The molecule has 0 bridgehead atoms. The van der Waals surface area contributed by atoms with Gasteiger partial charge in [0.1, 0.15) is 5.75 Å². The lowest BCUT2D eigenvalue weighted by atomic mass is 10.2. The van der Waals surface area contributed by atoms with Crippen LogP contribution in [-0.2, 0) is 21.4 Å². The zero-order valence-corrected chi connectivity index (χ0v) is 14.5. The highest BCUT2D eigenvalue weighted by atomic mass is 32.2. The molecule has 3 rings (SSSR count). The van der Waals surface area contributed by atoms with Crippen molar-refractivity contribution in [2.45, 2.75) is 24.8 Å². The van der Waals surface area contributed by atoms with Gasteiger partial charge in [-0.15, -0.1) is 0 Å². The number of benzene rings is 2. The molecule has 2 aromatic carbocycles. The minimum absolute atomic E-state index is 0.274. The molecule has 128 valence electrons. The molecule has 2 aromatic rings. The molecule has 0 unspecified atom stereocenters. The van der Waals surface area contributed by atoms with Gasteiger partial charge < -0.3 is 9.47 Å². The van der Waals surface area contributed by atoms with Gasteiger partial charge in [-0.05, 0) is 36.8 Å². The van der Waals surface area contributed by atoms with Crippen molar-refractivity contribution in [3.8, 4) is 5.75 Å². The fourth-order valence-corrected chi connectivity index (χ4v) is 4.27. The van der Waals surface area contributed by atoms with Crippen molar-refractivity contribution in [1.29, 1.82) is 0 Å². The lowest BCUT2D eigenvalue weighted by Crippen LogP contribution is -2.31. The highest BCUT2D eigenvalue weighted by Crippen LogP contribution is 2.34. The third-order valence-corrected chi connectivity index (χ3v) is 5.67. The Morgan fingerprint density at radius 1 is 1.17 bits per heavy atom. The molecule has 0 radical (unpaired) electrons. The lowest BCUT2D eigenvalue weighted by Gasteiger charge is -2.23. The van der Waals surface area contributed by atoms with Crippen molar-refractivity contribution in [1.82, 2.24) is 0 Å². The van der Waals surface area contributed by atoms with Gasteiger partial charge in [-0.3, -0.25) is 4.31 Å². The highest BCUT2D eigenvalue weighted by molar-refractivity contribution is 7.92. The van der Waals surface area contributed by atoms with E-state index in [9.17, 15) is 8.42 Å². The molecule has 0 saturated carbocycles. The van der Waals surface area contributed by atoms with Crippen LogP contribution in [0.25, 0.3) is 0 Å². The van der Waals surface area contributed by atoms with Gasteiger partial charge in [0.05, 0.1) is 23.8 Å². The Bertz CT molecular complexity index is 804. The largest absolute Gasteiger partial charge is 0.491 e. The van der Waals surface area contributed by atoms with Crippen molar-refractivity contribution in [2.24, 2.45) is 0 Å². The van der Waals surface area contributed by atoms with Gasteiger partial charge in [-0.1, -0.05) is 24.3 Å². The zero-order chi connectivity index (χ0) is 17.0. The van der Waals surface area contributed by atoms with E-state index in [0.29, 0.717) is 44.2 Å². The number of para-hydroxylation sites is 2. The van der Waals surface area contributed by atoms with Gasteiger partial charge in [0.15, 0.2) is 0 Å². The molecule has 1 aliphatic rings. The topological polar surface area (TPSA) is 55.8 Å². The summed E-state index contributed by atoms with van der Waals surface area (Å²) in [5.41, 5.74) is 1.43. The first-order chi connectivity index (χ1) is 11.6. The fourth-order valence-electron chi connectivity index (χ4n) is 2.69. The SMILES string of the molecule is CCOCc1cccc(S(=O)(=O)N2CCCOc3ccccc32)c1. The molecular formula is C18H21NO4S. The Kier molecular flexibility index (Phi) is 5.06. The van der Waals surface area contributed by atoms with Gasteiger partial charge >= 0.3 is 0 Å². The minimum atomic E-state index is -3.65. The van der Waals surface area contributed by atoms with Crippen LogP contribution in [0.1, 0.15) is 18.9 Å². The van der Waals surface area contributed by atoms with Crippen molar-refractivity contribution in [2.75, 3.05) is 24.1 Å². The Morgan fingerprint density at radius 2 is 2.00 bits per heavy atom. The van der Waals surface area contributed by atoms with Crippen molar-refractivity contribution in [3.05, 3.63) is 54.1 Å². The number of anilines is 1. The molecule has 1 aliphatic heterocycles. The molecule has 0 spiro atoms. The number of hydrogen-bond donors (Lipinski definition) is 0. The molecule has 24 heavy (non-hydrogen) atoms. The molecule has 1 heterocycles. The van der Waals surface area contributed by atoms with E-state index in [1.165, 1.54) is 4.31 Å².